The van der Waals surface area contributed by atoms with Gasteiger partial charge >= 0.3 is 6.09 Å². The zero-order valence-electron chi connectivity index (χ0n) is 19.3. The lowest BCUT2D eigenvalue weighted by Crippen LogP contribution is -2.55. The van der Waals surface area contributed by atoms with Crippen molar-refractivity contribution in [2.24, 2.45) is 11.8 Å². The fourth-order valence-electron chi connectivity index (χ4n) is 5.38. The fourth-order valence-corrected chi connectivity index (χ4v) is 6.98. The molecule has 4 N–H and O–H groups in total. The van der Waals surface area contributed by atoms with Gasteiger partial charge in [-0.3, -0.25) is 19.2 Å². The van der Waals surface area contributed by atoms with Crippen LogP contribution in [0.4, 0.5) is 4.79 Å². The molecule has 2 aliphatic heterocycles. The second-order valence-electron chi connectivity index (χ2n) is 9.80. The average Bonchev–Trinajstić information content (AvgIpc) is 3.68. The highest BCUT2D eigenvalue weighted by Crippen LogP contribution is 2.46. The van der Waals surface area contributed by atoms with Gasteiger partial charge < -0.3 is 15.7 Å². The minimum absolute atomic E-state index is 0. The normalized spacial score (nSPS) is 30.6. The van der Waals surface area contributed by atoms with Crippen LogP contribution >= 0.6 is 24.0 Å². The summed E-state index contributed by atoms with van der Waals surface area (Å²) in [4.78, 5) is 39.4. The zero-order chi connectivity index (χ0) is 25.1. The van der Waals surface area contributed by atoms with Crippen molar-refractivity contribution >= 4 is 51.9 Å². The van der Waals surface area contributed by atoms with Crippen LogP contribution in [0, 0.1) is 11.8 Å². The standard InChI is InChI=1S/C23H27ClN4O6S.ClH/c1-2-13-9-23(13,21(30)27-35(33,34)14-6-7-14)26-20(29)18-8-12(10-25-18)19-15-4-3-5-17(24)16(15)11-28(19)22(31)32;/h2-5,12-14,18-19,25H,1,6-11H2,(H,26,29)(H,27,30)(H,31,32);1H/t12-,13-,18+,19?,23-;/m1./s1. The maximum absolute atomic E-state index is 13.2. The lowest BCUT2D eigenvalue weighted by molar-refractivity contribution is -0.130. The van der Waals surface area contributed by atoms with Gasteiger partial charge in [0.25, 0.3) is 5.91 Å². The van der Waals surface area contributed by atoms with Crippen molar-refractivity contribution in [1.29, 1.82) is 0 Å². The summed E-state index contributed by atoms with van der Waals surface area (Å²) in [5, 5.41) is 15.6. The molecule has 36 heavy (non-hydrogen) atoms. The Morgan fingerprint density at radius 2 is 2.00 bits per heavy atom. The molecule has 0 bridgehead atoms. The van der Waals surface area contributed by atoms with Crippen LogP contribution in [0.3, 0.4) is 0 Å². The van der Waals surface area contributed by atoms with Gasteiger partial charge in [0.15, 0.2) is 0 Å². The third kappa shape index (κ3) is 4.57. The molecule has 0 spiro atoms. The van der Waals surface area contributed by atoms with Gasteiger partial charge in [-0.1, -0.05) is 29.8 Å². The van der Waals surface area contributed by atoms with Crippen molar-refractivity contribution in [3.05, 3.63) is 47.0 Å². The van der Waals surface area contributed by atoms with E-state index in [1.54, 1.807) is 18.2 Å². The number of halogens is 2. The van der Waals surface area contributed by atoms with Gasteiger partial charge in [-0.25, -0.2) is 13.2 Å². The molecule has 4 aliphatic rings. The smallest absolute Gasteiger partial charge is 0.408 e. The summed E-state index contributed by atoms with van der Waals surface area (Å²) in [6.45, 7) is 4.28. The fraction of sp³-hybridized carbons (Fsp3) is 0.522. The number of amides is 3. The highest BCUT2D eigenvalue weighted by atomic mass is 35.5. The van der Waals surface area contributed by atoms with Crippen LogP contribution in [-0.4, -0.2) is 59.7 Å². The SMILES string of the molecule is C=C[C@@H]1C[C@]1(NC(=O)[C@@H]1C[C@@H](C2c3cccc(Cl)c3CN2C(=O)O)CN1)C(=O)NS(=O)(=O)C1CC1.Cl. The van der Waals surface area contributed by atoms with Crippen LogP contribution < -0.4 is 15.4 Å². The molecule has 5 atom stereocenters. The van der Waals surface area contributed by atoms with Crippen LogP contribution in [0.15, 0.2) is 30.9 Å². The van der Waals surface area contributed by atoms with Crippen LogP contribution in [0.2, 0.25) is 5.02 Å². The third-order valence-electron chi connectivity index (χ3n) is 7.56. The van der Waals surface area contributed by atoms with E-state index in [9.17, 15) is 27.9 Å². The number of rotatable bonds is 7. The number of benzene rings is 1. The Morgan fingerprint density at radius 3 is 2.61 bits per heavy atom. The lowest BCUT2D eigenvalue weighted by atomic mass is 9.90. The van der Waals surface area contributed by atoms with Gasteiger partial charge in [-0.05, 0) is 48.8 Å². The number of carbonyl (C=O) groups is 3. The lowest BCUT2D eigenvalue weighted by Gasteiger charge is -2.27. The minimum atomic E-state index is -3.75. The molecular weight excluding hydrogens is 531 g/mol. The minimum Gasteiger partial charge on any atom is -0.465 e. The summed E-state index contributed by atoms with van der Waals surface area (Å²) in [5.74, 6) is -1.73. The van der Waals surface area contributed by atoms with Crippen molar-refractivity contribution in [3.63, 3.8) is 0 Å². The Kier molecular flexibility index (Phi) is 7.06. The van der Waals surface area contributed by atoms with Crippen molar-refractivity contribution in [2.75, 3.05) is 6.54 Å². The Bertz CT molecular complexity index is 1220. The van der Waals surface area contributed by atoms with E-state index in [2.05, 4.69) is 21.9 Å². The second kappa shape index (κ2) is 9.51. The van der Waals surface area contributed by atoms with Crippen LogP contribution in [0.5, 0.6) is 0 Å². The van der Waals surface area contributed by atoms with E-state index in [4.69, 9.17) is 11.6 Å². The maximum Gasteiger partial charge on any atom is 0.408 e. The largest absolute Gasteiger partial charge is 0.465 e. The van der Waals surface area contributed by atoms with Crippen molar-refractivity contribution < 1.29 is 27.9 Å². The van der Waals surface area contributed by atoms with E-state index in [1.807, 2.05) is 6.07 Å². The number of carboxylic acid groups (broad SMARTS) is 1. The first-order chi connectivity index (χ1) is 16.6. The number of nitrogens with zero attached hydrogens (tertiary/aromatic N) is 1. The van der Waals surface area contributed by atoms with E-state index in [0.717, 1.165) is 11.1 Å². The van der Waals surface area contributed by atoms with E-state index < -0.39 is 50.8 Å². The molecule has 1 saturated heterocycles. The van der Waals surface area contributed by atoms with Gasteiger partial charge in [-0.15, -0.1) is 19.0 Å². The van der Waals surface area contributed by atoms with Gasteiger partial charge in [0.05, 0.1) is 23.9 Å². The van der Waals surface area contributed by atoms with Gasteiger partial charge in [0.1, 0.15) is 5.54 Å². The van der Waals surface area contributed by atoms with Crippen LogP contribution in [0.1, 0.15) is 42.9 Å². The first kappa shape index (κ1) is 26.7. The van der Waals surface area contributed by atoms with E-state index in [-0.39, 0.29) is 37.2 Å². The number of nitrogens with one attached hydrogen (secondary N) is 3. The average molecular weight is 559 g/mol. The molecule has 2 saturated carbocycles. The molecule has 10 nitrogen and oxygen atoms in total. The predicted molar refractivity (Wildman–Crippen MR) is 134 cm³/mol. The summed E-state index contributed by atoms with van der Waals surface area (Å²) < 4.78 is 26.7. The monoisotopic (exact) mass is 558 g/mol. The van der Waals surface area contributed by atoms with Gasteiger partial charge in [0, 0.05) is 17.5 Å². The molecular formula is C23H28Cl2N4O6S. The first-order valence-corrected chi connectivity index (χ1v) is 13.5. The molecule has 13 heteroatoms. The predicted octanol–water partition coefficient (Wildman–Crippen LogP) is 1.94. The number of hydrogen-bond acceptors (Lipinski definition) is 6. The topological polar surface area (TPSA) is 145 Å². The van der Waals surface area contributed by atoms with Crippen molar-refractivity contribution in [2.45, 2.75) is 55.1 Å². The molecule has 1 aromatic carbocycles. The molecule has 0 aromatic heterocycles. The molecule has 196 valence electrons. The number of sulfonamides is 1. The maximum atomic E-state index is 13.2. The molecule has 0 radical (unpaired) electrons. The molecule has 1 aromatic rings. The molecule has 5 rings (SSSR count). The highest BCUT2D eigenvalue weighted by molar-refractivity contribution is 7.91. The Labute approximate surface area is 220 Å². The van der Waals surface area contributed by atoms with Crippen molar-refractivity contribution in [3.8, 4) is 0 Å². The molecule has 1 unspecified atom stereocenters. The molecule has 2 aliphatic carbocycles. The van der Waals surface area contributed by atoms with Gasteiger partial charge in [0.2, 0.25) is 15.9 Å². The summed E-state index contributed by atoms with van der Waals surface area (Å²) in [6, 6.07) is 4.27. The Balaban J connectivity index is 0.00000304. The Hall–Kier alpha value is -2.34. The third-order valence-corrected chi connectivity index (χ3v) is 9.73. The van der Waals surface area contributed by atoms with E-state index in [0.29, 0.717) is 30.8 Å². The van der Waals surface area contributed by atoms with Crippen LogP contribution in [0.25, 0.3) is 0 Å². The summed E-state index contributed by atoms with van der Waals surface area (Å²) in [6.07, 6.45) is 2.13. The molecule has 2 heterocycles. The van der Waals surface area contributed by atoms with Crippen LogP contribution in [-0.2, 0) is 26.2 Å². The summed E-state index contributed by atoms with van der Waals surface area (Å²) in [5.41, 5.74) is 0.262. The zero-order valence-corrected chi connectivity index (χ0v) is 21.7. The van der Waals surface area contributed by atoms with E-state index in [1.165, 1.54) is 4.90 Å². The number of hydrogen-bond donors (Lipinski definition) is 4. The molecule has 3 amide bonds. The Morgan fingerprint density at radius 1 is 1.28 bits per heavy atom. The molecule has 3 fully saturated rings. The first-order valence-electron chi connectivity index (χ1n) is 11.6. The second-order valence-corrected chi connectivity index (χ2v) is 12.2. The van der Waals surface area contributed by atoms with Gasteiger partial charge in [-0.2, -0.15) is 0 Å². The van der Waals surface area contributed by atoms with Crippen molar-refractivity contribution in [1.82, 2.24) is 20.3 Å². The quantitative estimate of drug-likeness (QED) is 0.374. The number of fused-ring (bicyclic) bond motifs is 1. The summed E-state index contributed by atoms with van der Waals surface area (Å²) >= 11 is 6.31. The highest BCUT2D eigenvalue weighted by Gasteiger charge is 2.61. The summed E-state index contributed by atoms with van der Waals surface area (Å²) in [7, 11) is -3.75. The van der Waals surface area contributed by atoms with E-state index >= 15 is 0 Å². The number of carbonyl (C=O) groups excluding carboxylic acids is 2.